The van der Waals surface area contributed by atoms with Crippen LogP contribution in [0.5, 0.6) is 0 Å². The van der Waals surface area contributed by atoms with Crippen molar-refractivity contribution >= 4 is 28.7 Å². The lowest BCUT2D eigenvalue weighted by molar-refractivity contribution is -0.141. The zero-order valence-corrected chi connectivity index (χ0v) is 13.5. The Morgan fingerprint density at radius 3 is 2.42 bits per heavy atom. The molecule has 0 fully saturated rings. The molecule has 0 aliphatic rings. The lowest BCUT2D eigenvalue weighted by atomic mass is 10.2. The maximum atomic E-state index is 13.3. The Hall–Kier alpha value is -2.90. The second-order valence-electron chi connectivity index (χ2n) is 5.56. The number of rotatable bonds is 5. The summed E-state index contributed by atoms with van der Waals surface area (Å²) >= 11 is 0. The van der Waals surface area contributed by atoms with Crippen LogP contribution in [0.2, 0.25) is 0 Å². The van der Waals surface area contributed by atoms with E-state index in [-0.39, 0.29) is 5.69 Å². The van der Waals surface area contributed by atoms with Gasteiger partial charge in [0.15, 0.2) is 0 Å². The van der Waals surface area contributed by atoms with Crippen LogP contribution in [0.4, 0.5) is 4.39 Å². The van der Waals surface area contributed by atoms with Gasteiger partial charge in [0.2, 0.25) is 5.91 Å². The van der Waals surface area contributed by atoms with Gasteiger partial charge in [0.25, 0.3) is 5.91 Å². The third kappa shape index (κ3) is 3.53. The van der Waals surface area contributed by atoms with E-state index in [1.807, 2.05) is 0 Å². The van der Waals surface area contributed by atoms with Crippen LogP contribution in [0, 0.1) is 5.82 Å². The highest BCUT2D eigenvalue weighted by Crippen LogP contribution is 2.19. The van der Waals surface area contributed by atoms with Crippen LogP contribution in [0.15, 0.2) is 24.3 Å². The van der Waals surface area contributed by atoms with Crippen LogP contribution >= 0.6 is 0 Å². The average molecular weight is 335 g/mol. The molecule has 1 aromatic carbocycles. The van der Waals surface area contributed by atoms with Crippen molar-refractivity contribution in [3.8, 4) is 0 Å². The number of aliphatic carboxylic acids is 1. The number of nitrogens with one attached hydrogen (secondary N) is 2. The van der Waals surface area contributed by atoms with E-state index < -0.39 is 35.7 Å². The maximum Gasteiger partial charge on any atom is 0.325 e. The summed E-state index contributed by atoms with van der Waals surface area (Å²) in [7, 11) is 1.66. The Balaban J connectivity index is 2.13. The van der Waals surface area contributed by atoms with E-state index in [0.717, 1.165) is 0 Å². The zero-order chi connectivity index (χ0) is 18.0. The standard InChI is InChI=1S/C16H18FN3O4/c1-8(14(21)19-9(2)16(23)24)18-15(22)13-7-10-6-11(17)4-5-12(10)20(13)3/h4-9H,1-3H3,(H,18,22)(H,19,21)(H,23,24). The van der Waals surface area contributed by atoms with Crippen molar-refractivity contribution in [2.75, 3.05) is 0 Å². The number of nitrogens with zero attached hydrogens (tertiary/aromatic N) is 1. The van der Waals surface area contributed by atoms with Crippen molar-refractivity contribution in [3.05, 3.63) is 35.8 Å². The molecule has 0 saturated carbocycles. The second-order valence-corrected chi connectivity index (χ2v) is 5.56. The summed E-state index contributed by atoms with van der Waals surface area (Å²) in [5.74, 6) is -2.70. The van der Waals surface area contributed by atoms with E-state index >= 15 is 0 Å². The van der Waals surface area contributed by atoms with E-state index in [9.17, 15) is 18.8 Å². The van der Waals surface area contributed by atoms with E-state index in [2.05, 4.69) is 10.6 Å². The van der Waals surface area contributed by atoms with Crippen LogP contribution in [-0.4, -0.2) is 39.5 Å². The van der Waals surface area contributed by atoms with Gasteiger partial charge in [-0.05, 0) is 38.1 Å². The van der Waals surface area contributed by atoms with Gasteiger partial charge in [-0.25, -0.2) is 4.39 Å². The van der Waals surface area contributed by atoms with Crippen molar-refractivity contribution in [1.82, 2.24) is 15.2 Å². The number of benzene rings is 1. The molecule has 0 bridgehead atoms. The van der Waals surface area contributed by atoms with Gasteiger partial charge in [-0.3, -0.25) is 14.4 Å². The first-order valence-electron chi connectivity index (χ1n) is 7.29. The van der Waals surface area contributed by atoms with Gasteiger partial charge in [-0.15, -0.1) is 0 Å². The predicted octanol–water partition coefficient (Wildman–Crippen LogP) is 1.02. The number of carbonyl (C=O) groups is 3. The van der Waals surface area contributed by atoms with E-state index in [0.29, 0.717) is 10.9 Å². The molecule has 7 nitrogen and oxygen atoms in total. The molecule has 2 atom stereocenters. The number of hydrogen-bond donors (Lipinski definition) is 3. The number of fused-ring (bicyclic) bond motifs is 1. The summed E-state index contributed by atoms with van der Waals surface area (Å²) in [5, 5.41) is 14.1. The summed E-state index contributed by atoms with van der Waals surface area (Å²) in [6.45, 7) is 2.78. The Labute approximate surface area is 137 Å². The fourth-order valence-electron chi connectivity index (χ4n) is 2.27. The second kappa shape index (κ2) is 6.69. The van der Waals surface area contributed by atoms with Crippen molar-refractivity contribution < 1.29 is 23.9 Å². The van der Waals surface area contributed by atoms with Crippen molar-refractivity contribution in [1.29, 1.82) is 0 Å². The molecule has 3 N–H and O–H groups in total. The first-order valence-corrected chi connectivity index (χ1v) is 7.29. The molecule has 128 valence electrons. The monoisotopic (exact) mass is 335 g/mol. The number of aryl methyl sites for hydroxylation is 1. The number of aromatic nitrogens is 1. The number of carboxylic acid groups (broad SMARTS) is 1. The molecule has 1 aromatic heterocycles. The van der Waals surface area contributed by atoms with Gasteiger partial charge >= 0.3 is 5.97 Å². The molecule has 2 unspecified atom stereocenters. The minimum absolute atomic E-state index is 0.265. The topological polar surface area (TPSA) is 100 Å². The number of carboxylic acids is 1. The maximum absolute atomic E-state index is 13.3. The highest BCUT2D eigenvalue weighted by atomic mass is 19.1. The smallest absolute Gasteiger partial charge is 0.325 e. The molecular formula is C16H18FN3O4. The number of carbonyl (C=O) groups excluding carboxylic acids is 2. The zero-order valence-electron chi connectivity index (χ0n) is 13.5. The quantitative estimate of drug-likeness (QED) is 0.759. The third-order valence-electron chi connectivity index (χ3n) is 3.71. The summed E-state index contributed by atoms with van der Waals surface area (Å²) in [5.41, 5.74) is 0.944. The molecule has 1 heterocycles. The normalized spacial score (nSPS) is 13.3. The number of halogens is 1. The third-order valence-corrected chi connectivity index (χ3v) is 3.71. The summed E-state index contributed by atoms with van der Waals surface area (Å²) in [6, 6.07) is 3.72. The molecule has 24 heavy (non-hydrogen) atoms. The van der Waals surface area contributed by atoms with E-state index in [1.54, 1.807) is 17.7 Å². The Morgan fingerprint density at radius 2 is 1.79 bits per heavy atom. The molecular weight excluding hydrogens is 317 g/mol. The molecule has 0 aliphatic carbocycles. The van der Waals surface area contributed by atoms with Crippen molar-refractivity contribution in [2.24, 2.45) is 7.05 Å². The lowest BCUT2D eigenvalue weighted by Crippen LogP contribution is -2.49. The summed E-state index contributed by atoms with van der Waals surface area (Å²) in [4.78, 5) is 35.0. The van der Waals surface area contributed by atoms with Gasteiger partial charge < -0.3 is 20.3 Å². The number of amides is 2. The minimum atomic E-state index is -1.17. The van der Waals surface area contributed by atoms with Crippen LogP contribution < -0.4 is 10.6 Å². The van der Waals surface area contributed by atoms with Gasteiger partial charge in [0, 0.05) is 18.0 Å². The Bertz CT molecular complexity index is 815. The SMILES string of the molecule is CC(NC(=O)C(C)NC(=O)c1cc2cc(F)ccc2n1C)C(=O)O. The van der Waals surface area contributed by atoms with E-state index in [4.69, 9.17) is 5.11 Å². The fraction of sp³-hybridized carbons (Fsp3) is 0.312. The first kappa shape index (κ1) is 17.5. The fourth-order valence-corrected chi connectivity index (χ4v) is 2.27. The van der Waals surface area contributed by atoms with Crippen LogP contribution in [-0.2, 0) is 16.6 Å². The largest absolute Gasteiger partial charge is 0.480 e. The molecule has 0 spiro atoms. The molecule has 0 saturated heterocycles. The van der Waals surface area contributed by atoms with Crippen molar-refractivity contribution in [3.63, 3.8) is 0 Å². The molecule has 2 amide bonds. The van der Waals surface area contributed by atoms with Gasteiger partial charge in [-0.2, -0.15) is 0 Å². The first-order chi connectivity index (χ1) is 11.2. The van der Waals surface area contributed by atoms with Gasteiger partial charge in [-0.1, -0.05) is 0 Å². The highest BCUT2D eigenvalue weighted by Gasteiger charge is 2.22. The van der Waals surface area contributed by atoms with E-state index in [1.165, 1.54) is 32.0 Å². The molecule has 8 heteroatoms. The van der Waals surface area contributed by atoms with Crippen molar-refractivity contribution in [2.45, 2.75) is 25.9 Å². The van der Waals surface area contributed by atoms with Crippen LogP contribution in [0.1, 0.15) is 24.3 Å². The highest BCUT2D eigenvalue weighted by molar-refractivity contribution is 6.01. The van der Waals surface area contributed by atoms with Gasteiger partial charge in [0.1, 0.15) is 23.6 Å². The van der Waals surface area contributed by atoms with Crippen LogP contribution in [0.25, 0.3) is 10.9 Å². The Kier molecular flexibility index (Phi) is 4.87. The summed E-state index contributed by atoms with van der Waals surface area (Å²) < 4.78 is 14.9. The minimum Gasteiger partial charge on any atom is -0.480 e. The lowest BCUT2D eigenvalue weighted by Gasteiger charge is -2.16. The molecule has 0 radical (unpaired) electrons. The molecule has 2 aromatic rings. The number of hydrogen-bond acceptors (Lipinski definition) is 3. The predicted molar refractivity (Wildman–Crippen MR) is 85.0 cm³/mol. The van der Waals surface area contributed by atoms with Gasteiger partial charge in [0.05, 0.1) is 0 Å². The summed E-state index contributed by atoms with van der Waals surface area (Å²) in [6.07, 6.45) is 0. The van der Waals surface area contributed by atoms with Crippen LogP contribution in [0.3, 0.4) is 0 Å². The Morgan fingerprint density at radius 1 is 1.12 bits per heavy atom. The molecule has 0 aliphatic heterocycles. The average Bonchev–Trinajstić information content (AvgIpc) is 2.83. The molecule has 2 rings (SSSR count).